The van der Waals surface area contributed by atoms with Gasteiger partial charge in [-0.2, -0.15) is 0 Å². The Morgan fingerprint density at radius 2 is 2.13 bits per heavy atom. The van der Waals surface area contributed by atoms with Crippen LogP contribution in [-0.2, 0) is 11.2 Å². The fourth-order valence-corrected chi connectivity index (χ4v) is 1.28. The lowest BCUT2D eigenvalue weighted by Gasteiger charge is -2.09. The maximum Gasteiger partial charge on any atom is 0.137 e. The second-order valence-electron chi connectivity index (χ2n) is 3.25. The lowest BCUT2D eigenvalue weighted by atomic mass is 10.1. The molecule has 0 saturated carbocycles. The van der Waals surface area contributed by atoms with Gasteiger partial charge in [0.2, 0.25) is 0 Å². The summed E-state index contributed by atoms with van der Waals surface area (Å²) in [5.74, 6) is 0.878. The highest BCUT2D eigenvalue weighted by molar-refractivity contribution is 5.81. The summed E-state index contributed by atoms with van der Waals surface area (Å²) in [5.41, 5.74) is 0.887. The van der Waals surface area contributed by atoms with Crippen LogP contribution in [0.25, 0.3) is 0 Å². The van der Waals surface area contributed by atoms with Crippen LogP contribution in [0, 0.1) is 0 Å². The van der Waals surface area contributed by atoms with Gasteiger partial charge in [0, 0.05) is 18.4 Å². The number of hydrogen-bond acceptors (Lipinski definition) is 3. The van der Waals surface area contributed by atoms with Gasteiger partial charge in [0.1, 0.15) is 18.1 Å². The largest absolute Gasteiger partial charge is 0.491 e. The quantitative estimate of drug-likeness (QED) is 0.772. The smallest absolute Gasteiger partial charge is 0.137 e. The number of carbonyl (C=O) groups is 1. The molecule has 0 amide bonds. The van der Waals surface area contributed by atoms with Gasteiger partial charge in [-0.25, -0.2) is 0 Å². The summed E-state index contributed by atoms with van der Waals surface area (Å²) in [5, 5.41) is 8.65. The van der Waals surface area contributed by atoms with Crippen molar-refractivity contribution in [2.24, 2.45) is 0 Å². The number of benzene rings is 1. The minimum absolute atomic E-state index is 0.0178. The molecular formula is C12H16O3. The van der Waals surface area contributed by atoms with Gasteiger partial charge in [0.15, 0.2) is 0 Å². The lowest BCUT2D eigenvalue weighted by Crippen LogP contribution is -2.06. The predicted octanol–water partition coefficient (Wildman–Crippen LogP) is 1.58. The van der Waals surface area contributed by atoms with Crippen LogP contribution in [0.5, 0.6) is 5.75 Å². The third kappa shape index (κ3) is 3.72. The van der Waals surface area contributed by atoms with Crippen LogP contribution in [0.1, 0.15) is 18.9 Å². The van der Waals surface area contributed by atoms with Crippen molar-refractivity contribution in [1.82, 2.24) is 0 Å². The molecule has 0 aliphatic heterocycles. The summed E-state index contributed by atoms with van der Waals surface area (Å²) in [6, 6.07) is 7.42. The highest BCUT2D eigenvalue weighted by Gasteiger charge is 2.06. The van der Waals surface area contributed by atoms with Gasteiger partial charge < -0.3 is 9.84 Å². The molecule has 1 N–H and O–H groups in total. The zero-order valence-electron chi connectivity index (χ0n) is 8.90. The highest BCUT2D eigenvalue weighted by atomic mass is 16.5. The molecule has 1 aromatic carbocycles. The summed E-state index contributed by atoms with van der Waals surface area (Å²) in [7, 11) is 0. The minimum Gasteiger partial charge on any atom is -0.491 e. The Bertz CT molecular complexity index is 320. The van der Waals surface area contributed by atoms with Crippen molar-refractivity contribution in [3.63, 3.8) is 0 Å². The van der Waals surface area contributed by atoms with Crippen molar-refractivity contribution in [3.05, 3.63) is 29.8 Å². The Morgan fingerprint density at radius 1 is 1.40 bits per heavy atom. The Hall–Kier alpha value is -1.35. The van der Waals surface area contributed by atoms with Crippen LogP contribution in [0.2, 0.25) is 0 Å². The fourth-order valence-electron chi connectivity index (χ4n) is 1.28. The number of ether oxygens (including phenoxy) is 1. The molecule has 0 aliphatic rings. The van der Waals surface area contributed by atoms with Gasteiger partial charge in [0.25, 0.3) is 0 Å². The number of para-hydroxylation sites is 1. The zero-order chi connectivity index (χ0) is 11.1. The first-order valence-electron chi connectivity index (χ1n) is 5.11. The van der Waals surface area contributed by atoms with Crippen LogP contribution in [0.4, 0.5) is 0 Å². The minimum atomic E-state index is -0.0178. The maximum atomic E-state index is 11.3. The van der Waals surface area contributed by atoms with Crippen molar-refractivity contribution < 1.29 is 14.6 Å². The normalized spacial score (nSPS) is 10.0. The number of ketones is 1. The van der Waals surface area contributed by atoms with Gasteiger partial charge >= 0.3 is 0 Å². The molecule has 0 bridgehead atoms. The molecule has 0 heterocycles. The first-order chi connectivity index (χ1) is 7.27. The average molecular weight is 208 g/mol. The van der Waals surface area contributed by atoms with Crippen LogP contribution in [0.3, 0.4) is 0 Å². The summed E-state index contributed by atoms with van der Waals surface area (Å²) in [4.78, 5) is 11.3. The van der Waals surface area contributed by atoms with Crippen LogP contribution >= 0.6 is 0 Å². The van der Waals surface area contributed by atoms with Gasteiger partial charge in [-0.15, -0.1) is 0 Å². The molecule has 0 saturated heterocycles. The van der Waals surface area contributed by atoms with Gasteiger partial charge in [-0.1, -0.05) is 25.1 Å². The summed E-state index contributed by atoms with van der Waals surface area (Å²) >= 11 is 0. The molecule has 82 valence electrons. The van der Waals surface area contributed by atoms with Crippen molar-refractivity contribution in [2.45, 2.75) is 19.8 Å². The molecule has 0 aromatic heterocycles. The van der Waals surface area contributed by atoms with E-state index >= 15 is 0 Å². The number of Topliss-reactive ketones (excluding diaryl/α,β-unsaturated/α-hetero) is 1. The monoisotopic (exact) mass is 208 g/mol. The van der Waals surface area contributed by atoms with Gasteiger partial charge in [-0.05, 0) is 6.07 Å². The Balaban J connectivity index is 2.72. The predicted molar refractivity (Wildman–Crippen MR) is 58.0 cm³/mol. The standard InChI is InChI=1S/C12H16O3/c1-2-11(14)9-10-5-3-4-6-12(10)15-8-7-13/h3-6,13H,2,7-9H2,1H3. The molecule has 0 atom stereocenters. The summed E-state index contributed by atoms with van der Waals surface area (Å²) in [6.07, 6.45) is 0.937. The fraction of sp³-hybridized carbons (Fsp3) is 0.417. The summed E-state index contributed by atoms with van der Waals surface area (Å²) in [6.45, 7) is 2.09. The third-order valence-electron chi connectivity index (χ3n) is 2.10. The number of hydrogen-bond donors (Lipinski definition) is 1. The van der Waals surface area contributed by atoms with Gasteiger partial charge in [-0.3, -0.25) is 4.79 Å². The average Bonchev–Trinajstić information content (AvgIpc) is 2.28. The van der Waals surface area contributed by atoms with Crippen molar-refractivity contribution >= 4 is 5.78 Å². The lowest BCUT2D eigenvalue weighted by molar-refractivity contribution is -0.118. The first kappa shape index (κ1) is 11.7. The molecule has 1 rings (SSSR count). The van der Waals surface area contributed by atoms with Crippen molar-refractivity contribution in [3.8, 4) is 5.75 Å². The van der Waals surface area contributed by atoms with E-state index in [1.807, 2.05) is 31.2 Å². The van der Waals surface area contributed by atoms with E-state index in [0.717, 1.165) is 5.56 Å². The van der Waals surface area contributed by atoms with E-state index in [2.05, 4.69) is 0 Å². The molecule has 0 spiro atoms. The van der Waals surface area contributed by atoms with Gasteiger partial charge in [0.05, 0.1) is 6.61 Å². The SMILES string of the molecule is CCC(=O)Cc1ccccc1OCCO. The van der Waals surface area contributed by atoms with E-state index in [1.165, 1.54) is 0 Å². The first-order valence-corrected chi connectivity index (χ1v) is 5.11. The van der Waals surface area contributed by atoms with Crippen LogP contribution in [0.15, 0.2) is 24.3 Å². The molecule has 3 nitrogen and oxygen atoms in total. The highest BCUT2D eigenvalue weighted by Crippen LogP contribution is 2.18. The topological polar surface area (TPSA) is 46.5 Å². The van der Waals surface area contributed by atoms with E-state index in [-0.39, 0.29) is 19.0 Å². The van der Waals surface area contributed by atoms with E-state index in [4.69, 9.17) is 9.84 Å². The van der Waals surface area contributed by atoms with Crippen molar-refractivity contribution in [2.75, 3.05) is 13.2 Å². The molecule has 0 radical (unpaired) electrons. The molecular weight excluding hydrogens is 192 g/mol. The summed E-state index contributed by atoms with van der Waals surface area (Å²) < 4.78 is 5.33. The van der Waals surface area contributed by atoms with E-state index in [0.29, 0.717) is 18.6 Å². The zero-order valence-corrected chi connectivity index (χ0v) is 8.90. The second-order valence-corrected chi connectivity index (χ2v) is 3.25. The van der Waals surface area contributed by atoms with E-state index < -0.39 is 0 Å². The molecule has 0 fully saturated rings. The number of carbonyl (C=O) groups excluding carboxylic acids is 1. The Kier molecular flexibility index (Phi) is 4.84. The molecule has 0 aliphatic carbocycles. The Labute approximate surface area is 89.7 Å². The second kappa shape index (κ2) is 6.19. The van der Waals surface area contributed by atoms with Crippen molar-refractivity contribution in [1.29, 1.82) is 0 Å². The van der Waals surface area contributed by atoms with Crippen LogP contribution in [-0.4, -0.2) is 24.1 Å². The van der Waals surface area contributed by atoms with E-state index in [1.54, 1.807) is 0 Å². The molecule has 1 aromatic rings. The maximum absolute atomic E-state index is 11.3. The third-order valence-corrected chi connectivity index (χ3v) is 2.10. The van der Waals surface area contributed by atoms with E-state index in [9.17, 15) is 4.79 Å². The number of rotatable bonds is 6. The Morgan fingerprint density at radius 3 is 2.80 bits per heavy atom. The molecule has 3 heteroatoms. The molecule has 0 unspecified atom stereocenters. The number of aliphatic hydroxyl groups excluding tert-OH is 1. The molecule has 15 heavy (non-hydrogen) atoms. The van der Waals surface area contributed by atoms with Crippen LogP contribution < -0.4 is 4.74 Å². The number of aliphatic hydroxyl groups is 1.